The predicted molar refractivity (Wildman–Crippen MR) is 124 cm³/mol. The Morgan fingerprint density at radius 2 is 1.93 bits per heavy atom. The van der Waals surface area contributed by atoms with Crippen molar-refractivity contribution in [3.05, 3.63) is 86.5 Å². The summed E-state index contributed by atoms with van der Waals surface area (Å²) in [5.74, 6) is 0.00392. The fraction of sp³-hybridized carbons (Fsp3) is 0.136. The molecule has 1 N–H and O–H groups in total. The second-order valence-electron chi connectivity index (χ2n) is 6.67. The minimum absolute atomic E-state index is 0.133. The lowest BCUT2D eigenvalue weighted by Gasteiger charge is -2.13. The van der Waals surface area contributed by atoms with Crippen LogP contribution in [0.25, 0.3) is 15.9 Å². The molecule has 2 aromatic heterocycles. The number of aryl methyl sites for hydroxylation is 1. The van der Waals surface area contributed by atoms with Crippen molar-refractivity contribution in [1.82, 2.24) is 14.9 Å². The van der Waals surface area contributed by atoms with Crippen LogP contribution in [0.4, 0.5) is 0 Å². The summed E-state index contributed by atoms with van der Waals surface area (Å²) in [5.41, 5.74) is 3.19. The van der Waals surface area contributed by atoms with E-state index in [0.717, 1.165) is 5.56 Å². The molecule has 0 aliphatic rings. The van der Waals surface area contributed by atoms with E-state index in [4.69, 9.17) is 11.6 Å². The van der Waals surface area contributed by atoms with E-state index in [9.17, 15) is 9.59 Å². The lowest BCUT2D eigenvalue weighted by Crippen LogP contribution is -2.26. The molecule has 0 fully saturated rings. The Bertz CT molecular complexity index is 1270. The zero-order chi connectivity index (χ0) is 21.1. The Kier molecular flexibility index (Phi) is 6.22. The van der Waals surface area contributed by atoms with Crippen LogP contribution in [-0.4, -0.2) is 21.2 Å². The molecule has 0 aliphatic heterocycles. The summed E-state index contributed by atoms with van der Waals surface area (Å²) in [4.78, 5) is 30.1. The summed E-state index contributed by atoms with van der Waals surface area (Å²) in [5, 5.41) is 5.62. The van der Waals surface area contributed by atoms with E-state index >= 15 is 0 Å². The second kappa shape index (κ2) is 9.04. The lowest BCUT2D eigenvalue weighted by molar-refractivity contribution is -0.118. The Labute approximate surface area is 186 Å². The van der Waals surface area contributed by atoms with Gasteiger partial charge in [-0.05, 0) is 36.1 Å². The number of thioether (sulfide) groups is 1. The minimum atomic E-state index is -0.189. The van der Waals surface area contributed by atoms with Crippen LogP contribution < -0.4 is 10.9 Å². The van der Waals surface area contributed by atoms with Crippen molar-refractivity contribution in [3.8, 4) is 5.69 Å². The number of aromatic nitrogens is 2. The average molecular weight is 456 g/mol. The van der Waals surface area contributed by atoms with Gasteiger partial charge in [0, 0.05) is 6.54 Å². The standard InChI is InChI=1S/C22H18ClN3O2S2/c1-14-6-8-15(9-7-14)12-24-19(27)13-30-22-25-17-10-11-29-20(17)21(28)26(22)18-5-3-2-4-16(18)23/h2-11H,12-13H2,1H3,(H,24,27). The second-order valence-corrected chi connectivity index (χ2v) is 8.94. The number of halogens is 1. The van der Waals surface area contributed by atoms with Gasteiger partial charge in [-0.25, -0.2) is 4.98 Å². The first kappa shape index (κ1) is 20.7. The van der Waals surface area contributed by atoms with Gasteiger partial charge in [-0.15, -0.1) is 11.3 Å². The Morgan fingerprint density at radius 3 is 2.70 bits per heavy atom. The molecule has 0 saturated heterocycles. The highest BCUT2D eigenvalue weighted by atomic mass is 35.5. The van der Waals surface area contributed by atoms with Crippen LogP contribution in [0.15, 0.2) is 69.9 Å². The molecule has 4 rings (SSSR count). The zero-order valence-corrected chi connectivity index (χ0v) is 18.5. The highest BCUT2D eigenvalue weighted by molar-refractivity contribution is 7.99. The molecule has 8 heteroatoms. The summed E-state index contributed by atoms with van der Waals surface area (Å²) >= 11 is 8.90. The molecule has 0 bridgehead atoms. The smallest absolute Gasteiger partial charge is 0.276 e. The van der Waals surface area contributed by atoms with Crippen LogP contribution in [0, 0.1) is 6.92 Å². The van der Waals surface area contributed by atoms with Gasteiger partial charge in [0.2, 0.25) is 5.91 Å². The van der Waals surface area contributed by atoms with Crippen molar-refractivity contribution in [2.24, 2.45) is 0 Å². The number of nitrogens with one attached hydrogen (secondary N) is 1. The van der Waals surface area contributed by atoms with Crippen molar-refractivity contribution < 1.29 is 4.79 Å². The molecule has 2 heterocycles. The number of benzene rings is 2. The molecule has 0 aliphatic carbocycles. The molecule has 0 saturated carbocycles. The van der Waals surface area contributed by atoms with E-state index in [0.29, 0.717) is 32.6 Å². The van der Waals surface area contributed by atoms with Crippen molar-refractivity contribution >= 4 is 50.8 Å². The van der Waals surface area contributed by atoms with Crippen molar-refractivity contribution in [2.75, 3.05) is 5.75 Å². The van der Waals surface area contributed by atoms with E-state index in [1.165, 1.54) is 33.2 Å². The summed E-state index contributed by atoms with van der Waals surface area (Å²) < 4.78 is 2.04. The van der Waals surface area contributed by atoms with Crippen LogP contribution in [0.1, 0.15) is 11.1 Å². The maximum Gasteiger partial charge on any atom is 0.276 e. The van der Waals surface area contributed by atoms with E-state index in [-0.39, 0.29) is 17.2 Å². The van der Waals surface area contributed by atoms with Crippen LogP contribution in [0.2, 0.25) is 5.02 Å². The van der Waals surface area contributed by atoms with Gasteiger partial charge in [-0.3, -0.25) is 14.2 Å². The van der Waals surface area contributed by atoms with Gasteiger partial charge in [0.05, 0.1) is 22.0 Å². The van der Waals surface area contributed by atoms with E-state index < -0.39 is 0 Å². The Balaban J connectivity index is 1.57. The molecule has 0 atom stereocenters. The summed E-state index contributed by atoms with van der Waals surface area (Å²) in [6.45, 7) is 2.48. The summed E-state index contributed by atoms with van der Waals surface area (Å²) in [7, 11) is 0. The Hall–Kier alpha value is -2.61. The van der Waals surface area contributed by atoms with Crippen molar-refractivity contribution in [3.63, 3.8) is 0 Å². The van der Waals surface area contributed by atoms with Crippen LogP contribution in [-0.2, 0) is 11.3 Å². The SMILES string of the molecule is Cc1ccc(CNC(=O)CSc2nc3ccsc3c(=O)n2-c2ccccc2Cl)cc1. The maximum atomic E-state index is 13.1. The maximum absolute atomic E-state index is 13.1. The van der Waals surface area contributed by atoms with Gasteiger partial charge < -0.3 is 5.32 Å². The fourth-order valence-corrected chi connectivity index (χ4v) is 4.74. The minimum Gasteiger partial charge on any atom is -0.351 e. The van der Waals surface area contributed by atoms with Crippen LogP contribution in [0.3, 0.4) is 0 Å². The number of hydrogen-bond acceptors (Lipinski definition) is 5. The van der Waals surface area contributed by atoms with Crippen LogP contribution in [0.5, 0.6) is 0 Å². The predicted octanol–water partition coefficient (Wildman–Crippen LogP) is 4.82. The topological polar surface area (TPSA) is 64.0 Å². The lowest BCUT2D eigenvalue weighted by atomic mass is 10.1. The van der Waals surface area contributed by atoms with Gasteiger partial charge in [0.15, 0.2) is 5.16 Å². The highest BCUT2D eigenvalue weighted by Crippen LogP contribution is 2.26. The van der Waals surface area contributed by atoms with E-state index in [2.05, 4.69) is 10.3 Å². The molecule has 0 unspecified atom stereocenters. The summed E-state index contributed by atoms with van der Waals surface area (Å²) in [6, 6.07) is 16.9. The zero-order valence-electron chi connectivity index (χ0n) is 16.1. The van der Waals surface area contributed by atoms with Crippen molar-refractivity contribution in [2.45, 2.75) is 18.6 Å². The normalized spacial score (nSPS) is 11.0. The number of fused-ring (bicyclic) bond motifs is 1. The number of amides is 1. The monoisotopic (exact) mass is 455 g/mol. The molecular formula is C22H18ClN3O2S2. The van der Waals surface area contributed by atoms with Gasteiger partial charge in [0.25, 0.3) is 5.56 Å². The molecule has 0 radical (unpaired) electrons. The van der Waals surface area contributed by atoms with E-state index in [1.807, 2.05) is 42.6 Å². The van der Waals surface area contributed by atoms with Crippen LogP contribution >= 0.6 is 34.7 Å². The number of nitrogens with zero attached hydrogens (tertiary/aromatic N) is 2. The van der Waals surface area contributed by atoms with Crippen molar-refractivity contribution in [1.29, 1.82) is 0 Å². The highest BCUT2D eigenvalue weighted by Gasteiger charge is 2.17. The molecular weight excluding hydrogens is 438 g/mol. The van der Waals surface area contributed by atoms with E-state index in [1.54, 1.807) is 24.3 Å². The number of hydrogen-bond donors (Lipinski definition) is 1. The first-order valence-corrected chi connectivity index (χ1v) is 11.5. The van der Waals surface area contributed by atoms with Gasteiger partial charge in [0.1, 0.15) is 4.70 Å². The first-order valence-electron chi connectivity index (χ1n) is 9.23. The number of carbonyl (C=O) groups excluding carboxylic acids is 1. The largest absolute Gasteiger partial charge is 0.351 e. The molecule has 0 spiro atoms. The Morgan fingerprint density at radius 1 is 1.17 bits per heavy atom. The third-order valence-corrected chi connectivity index (χ3v) is 6.63. The fourth-order valence-electron chi connectivity index (χ4n) is 2.92. The number of thiophene rings is 1. The molecule has 30 heavy (non-hydrogen) atoms. The molecule has 152 valence electrons. The quantitative estimate of drug-likeness (QED) is 0.334. The van der Waals surface area contributed by atoms with Gasteiger partial charge in [-0.2, -0.15) is 0 Å². The first-order chi connectivity index (χ1) is 14.5. The molecule has 5 nitrogen and oxygen atoms in total. The number of para-hydroxylation sites is 1. The molecule has 1 amide bonds. The molecule has 2 aromatic carbocycles. The van der Waals surface area contributed by atoms with Gasteiger partial charge >= 0.3 is 0 Å². The third kappa shape index (κ3) is 4.43. The number of rotatable bonds is 6. The number of carbonyl (C=O) groups is 1. The third-order valence-electron chi connectivity index (χ3n) is 4.49. The summed E-state index contributed by atoms with van der Waals surface area (Å²) in [6.07, 6.45) is 0. The van der Waals surface area contributed by atoms with Gasteiger partial charge in [-0.1, -0.05) is 65.3 Å². The average Bonchev–Trinajstić information content (AvgIpc) is 3.22. The molecule has 4 aromatic rings.